The molecule has 0 bridgehead atoms. The zero-order valence-electron chi connectivity index (χ0n) is 11.9. The van der Waals surface area contributed by atoms with E-state index in [1.165, 1.54) is 19.2 Å². The summed E-state index contributed by atoms with van der Waals surface area (Å²) in [5.74, 6) is -0.318. The lowest BCUT2D eigenvalue weighted by Gasteiger charge is -2.13. The van der Waals surface area contributed by atoms with E-state index in [9.17, 15) is 9.50 Å². The van der Waals surface area contributed by atoms with Gasteiger partial charge in [0.15, 0.2) is 11.6 Å². The fourth-order valence-electron chi connectivity index (χ4n) is 2.16. The van der Waals surface area contributed by atoms with Gasteiger partial charge in [-0.15, -0.1) is 0 Å². The van der Waals surface area contributed by atoms with Crippen LogP contribution in [0.1, 0.15) is 36.9 Å². The number of ether oxygens (including phenoxy) is 1. The van der Waals surface area contributed by atoms with Crippen LogP contribution in [0, 0.1) is 5.82 Å². The highest BCUT2D eigenvalue weighted by Gasteiger charge is 2.18. The molecule has 1 aromatic heterocycles. The van der Waals surface area contributed by atoms with E-state index >= 15 is 0 Å². The predicted molar refractivity (Wildman–Crippen MR) is 74.3 cm³/mol. The third kappa shape index (κ3) is 2.67. The first-order chi connectivity index (χ1) is 9.60. The summed E-state index contributed by atoms with van der Waals surface area (Å²) in [5.41, 5.74) is 2.07. The van der Waals surface area contributed by atoms with Crippen molar-refractivity contribution in [3.63, 3.8) is 0 Å². The Balaban J connectivity index is 2.37. The Morgan fingerprint density at radius 2 is 2.10 bits per heavy atom. The Kier molecular flexibility index (Phi) is 4.39. The van der Waals surface area contributed by atoms with Gasteiger partial charge in [-0.2, -0.15) is 5.10 Å². The number of rotatable bonds is 5. The van der Waals surface area contributed by atoms with Crippen LogP contribution >= 0.6 is 0 Å². The minimum absolute atomic E-state index is 0.166. The third-order valence-corrected chi connectivity index (χ3v) is 3.30. The summed E-state index contributed by atoms with van der Waals surface area (Å²) in [7, 11) is 1.41. The molecule has 0 aliphatic carbocycles. The van der Waals surface area contributed by atoms with Gasteiger partial charge in [0.05, 0.1) is 18.5 Å². The van der Waals surface area contributed by atoms with Gasteiger partial charge >= 0.3 is 0 Å². The summed E-state index contributed by atoms with van der Waals surface area (Å²) in [4.78, 5) is 0. The molecule has 5 heteroatoms. The lowest BCUT2D eigenvalue weighted by molar-refractivity contribution is 0.207. The number of hydrogen-bond donors (Lipinski definition) is 1. The maximum Gasteiger partial charge on any atom is 0.165 e. The van der Waals surface area contributed by atoms with Crippen molar-refractivity contribution in [3.8, 4) is 5.75 Å². The number of aliphatic hydroxyl groups is 1. The van der Waals surface area contributed by atoms with Gasteiger partial charge in [0.1, 0.15) is 6.10 Å². The summed E-state index contributed by atoms with van der Waals surface area (Å²) in [6.07, 6.45) is -0.105. The zero-order chi connectivity index (χ0) is 14.7. The molecule has 0 aliphatic heterocycles. The summed E-state index contributed by atoms with van der Waals surface area (Å²) in [6, 6.07) is 6.32. The van der Waals surface area contributed by atoms with Crippen LogP contribution in [0.5, 0.6) is 5.75 Å². The van der Waals surface area contributed by atoms with Gasteiger partial charge in [-0.05, 0) is 37.1 Å². The van der Waals surface area contributed by atoms with Crippen molar-refractivity contribution in [2.24, 2.45) is 0 Å². The van der Waals surface area contributed by atoms with Crippen LogP contribution in [0.2, 0.25) is 0 Å². The molecule has 0 saturated heterocycles. The number of benzene rings is 1. The fraction of sp³-hybridized carbons (Fsp3) is 0.400. The second-order valence-corrected chi connectivity index (χ2v) is 4.53. The number of aromatic nitrogens is 2. The monoisotopic (exact) mass is 278 g/mol. The molecule has 1 unspecified atom stereocenters. The smallest absolute Gasteiger partial charge is 0.165 e. The van der Waals surface area contributed by atoms with Crippen LogP contribution in [-0.2, 0) is 13.0 Å². The fourth-order valence-corrected chi connectivity index (χ4v) is 2.16. The van der Waals surface area contributed by atoms with Crippen LogP contribution in [0.3, 0.4) is 0 Å². The first-order valence-electron chi connectivity index (χ1n) is 6.68. The molecule has 0 aliphatic rings. The molecule has 2 rings (SSSR count). The largest absolute Gasteiger partial charge is 0.494 e. The molecule has 1 N–H and O–H groups in total. The Morgan fingerprint density at radius 3 is 2.65 bits per heavy atom. The highest BCUT2D eigenvalue weighted by Crippen LogP contribution is 2.27. The van der Waals surface area contributed by atoms with Gasteiger partial charge in [-0.3, -0.25) is 4.68 Å². The lowest BCUT2D eigenvalue weighted by atomic mass is 10.1. The zero-order valence-corrected chi connectivity index (χ0v) is 11.9. The van der Waals surface area contributed by atoms with Gasteiger partial charge in [0.2, 0.25) is 0 Å². The number of aliphatic hydroxyl groups excluding tert-OH is 1. The van der Waals surface area contributed by atoms with E-state index in [0.717, 1.165) is 12.1 Å². The maximum absolute atomic E-state index is 13.7. The molecule has 20 heavy (non-hydrogen) atoms. The van der Waals surface area contributed by atoms with Crippen LogP contribution < -0.4 is 4.74 Å². The molecule has 108 valence electrons. The quantitative estimate of drug-likeness (QED) is 0.914. The number of nitrogens with zero attached hydrogens (tertiary/aromatic N) is 2. The topological polar surface area (TPSA) is 47.3 Å². The van der Waals surface area contributed by atoms with Gasteiger partial charge < -0.3 is 9.84 Å². The molecule has 0 amide bonds. The molecular weight excluding hydrogens is 259 g/mol. The molecule has 1 aromatic carbocycles. The normalized spacial score (nSPS) is 12.4. The summed E-state index contributed by atoms with van der Waals surface area (Å²) < 4.78 is 20.3. The third-order valence-electron chi connectivity index (χ3n) is 3.30. The van der Waals surface area contributed by atoms with Gasteiger partial charge in [0.25, 0.3) is 0 Å². The highest BCUT2D eigenvalue weighted by molar-refractivity contribution is 5.34. The standard InChI is InChI=1S/C15H19FN2O2/c1-4-11-9-13(18(5-2)17-11)15(19)10-6-7-14(20-3)12(16)8-10/h6-9,15,19H,4-5H2,1-3H3. The van der Waals surface area contributed by atoms with Gasteiger partial charge in [-0.1, -0.05) is 13.0 Å². The van der Waals surface area contributed by atoms with E-state index in [0.29, 0.717) is 17.8 Å². The van der Waals surface area contributed by atoms with Crippen molar-refractivity contribution in [1.82, 2.24) is 9.78 Å². The van der Waals surface area contributed by atoms with E-state index < -0.39 is 11.9 Å². The van der Waals surface area contributed by atoms with Crippen molar-refractivity contribution in [1.29, 1.82) is 0 Å². The van der Waals surface area contributed by atoms with Crippen LogP contribution in [0.25, 0.3) is 0 Å². The lowest BCUT2D eigenvalue weighted by Crippen LogP contribution is -2.09. The van der Waals surface area contributed by atoms with Gasteiger partial charge in [0, 0.05) is 6.54 Å². The Bertz CT molecular complexity index is 596. The van der Waals surface area contributed by atoms with Crippen LogP contribution in [-0.4, -0.2) is 22.0 Å². The average Bonchev–Trinajstić information content (AvgIpc) is 2.89. The second-order valence-electron chi connectivity index (χ2n) is 4.53. The Morgan fingerprint density at radius 1 is 1.35 bits per heavy atom. The molecule has 0 radical (unpaired) electrons. The molecule has 1 heterocycles. The minimum atomic E-state index is -0.900. The summed E-state index contributed by atoms with van der Waals surface area (Å²) in [6.45, 7) is 4.62. The first kappa shape index (κ1) is 14.5. The van der Waals surface area contributed by atoms with Crippen molar-refractivity contribution >= 4 is 0 Å². The number of halogens is 1. The minimum Gasteiger partial charge on any atom is -0.494 e. The molecule has 4 nitrogen and oxygen atoms in total. The molecule has 0 spiro atoms. The van der Waals surface area contributed by atoms with E-state index in [-0.39, 0.29) is 5.75 Å². The summed E-state index contributed by atoms with van der Waals surface area (Å²) >= 11 is 0. The van der Waals surface area contributed by atoms with Crippen LogP contribution in [0.15, 0.2) is 24.3 Å². The van der Waals surface area contributed by atoms with Crippen LogP contribution in [0.4, 0.5) is 4.39 Å². The van der Waals surface area contributed by atoms with Crippen molar-refractivity contribution in [3.05, 3.63) is 47.0 Å². The molecular formula is C15H19FN2O2. The molecule has 0 saturated carbocycles. The first-order valence-corrected chi connectivity index (χ1v) is 6.68. The predicted octanol–water partition coefficient (Wildman–Crippen LogP) is 2.69. The van der Waals surface area contributed by atoms with Gasteiger partial charge in [-0.25, -0.2) is 4.39 Å². The van der Waals surface area contributed by atoms with Crippen molar-refractivity contribution in [2.45, 2.75) is 32.9 Å². The van der Waals surface area contributed by atoms with Crippen molar-refractivity contribution in [2.75, 3.05) is 7.11 Å². The number of aryl methyl sites for hydroxylation is 2. The number of hydrogen-bond acceptors (Lipinski definition) is 3. The Labute approximate surface area is 117 Å². The van der Waals surface area contributed by atoms with E-state index in [1.807, 2.05) is 19.9 Å². The highest BCUT2D eigenvalue weighted by atomic mass is 19.1. The molecule has 0 fully saturated rings. The molecule has 1 atom stereocenters. The van der Waals surface area contributed by atoms with E-state index in [2.05, 4.69) is 5.10 Å². The SMILES string of the molecule is CCc1cc(C(O)c2ccc(OC)c(F)c2)n(CC)n1. The van der Waals surface area contributed by atoms with Crippen molar-refractivity contribution < 1.29 is 14.2 Å². The van der Waals surface area contributed by atoms with E-state index in [4.69, 9.17) is 4.74 Å². The number of methoxy groups -OCH3 is 1. The molecule has 2 aromatic rings. The second kappa shape index (κ2) is 6.05. The Hall–Kier alpha value is -1.88. The summed E-state index contributed by atoms with van der Waals surface area (Å²) in [5, 5.41) is 14.8. The van der Waals surface area contributed by atoms with E-state index in [1.54, 1.807) is 10.7 Å². The maximum atomic E-state index is 13.7. The average molecular weight is 278 g/mol.